The topological polar surface area (TPSA) is 41.6 Å². The molecule has 5 rings (SSSR count). The molecule has 2 aromatic rings. The van der Waals surface area contributed by atoms with Gasteiger partial charge in [-0.3, -0.25) is 9.69 Å². The second-order valence-electron chi connectivity index (χ2n) is 7.81. The predicted molar refractivity (Wildman–Crippen MR) is 109 cm³/mol. The average Bonchev–Trinajstić information content (AvgIpc) is 3.04. The van der Waals surface area contributed by atoms with Crippen LogP contribution in [-0.4, -0.2) is 42.6 Å². The molecule has 1 aromatic carbocycles. The number of carbonyl (C=O) groups excluding carboxylic acids is 1. The zero-order valence-electron chi connectivity index (χ0n) is 15.6. The van der Waals surface area contributed by atoms with Crippen LogP contribution < -0.4 is 5.32 Å². The van der Waals surface area contributed by atoms with Crippen molar-refractivity contribution in [1.29, 1.82) is 0 Å². The molecule has 3 aliphatic heterocycles. The molecule has 0 radical (unpaired) electrons. The zero-order valence-corrected chi connectivity index (χ0v) is 17.2. The number of rotatable bonds is 4. The molecule has 142 valence electrons. The van der Waals surface area contributed by atoms with Crippen molar-refractivity contribution in [2.75, 3.05) is 20.2 Å². The standard InChI is InChI=1S/C20H26N2O2S.ClH/c1-20(2)18(13-7-9-22(20)10-8-13)21-19(23)16-11-14-5-4-6-15(12-24-3)17(14)25-16;/h4-6,11,13,18H,7-10,12H2,1-3H3,(H,21,23);1H/t18-;/m1./s1. The average molecular weight is 395 g/mol. The molecule has 0 aliphatic carbocycles. The molecule has 3 aliphatic rings. The Morgan fingerprint density at radius 1 is 1.35 bits per heavy atom. The molecule has 6 heteroatoms. The number of thiophene rings is 1. The lowest BCUT2D eigenvalue weighted by molar-refractivity contribution is -0.0377. The number of methoxy groups -OCH3 is 1. The summed E-state index contributed by atoms with van der Waals surface area (Å²) in [6, 6.07) is 8.41. The van der Waals surface area contributed by atoms with E-state index in [4.69, 9.17) is 4.74 Å². The number of hydrogen-bond donors (Lipinski definition) is 1. The molecule has 0 unspecified atom stereocenters. The molecule has 0 spiro atoms. The van der Waals surface area contributed by atoms with Gasteiger partial charge in [0.1, 0.15) is 0 Å². The van der Waals surface area contributed by atoms with Crippen molar-refractivity contribution in [1.82, 2.24) is 10.2 Å². The van der Waals surface area contributed by atoms with Crippen LogP contribution in [0.3, 0.4) is 0 Å². The summed E-state index contributed by atoms with van der Waals surface area (Å²) < 4.78 is 6.44. The van der Waals surface area contributed by atoms with Crippen LogP contribution in [0.25, 0.3) is 10.1 Å². The number of nitrogens with one attached hydrogen (secondary N) is 1. The van der Waals surface area contributed by atoms with Crippen LogP contribution in [0.15, 0.2) is 24.3 Å². The number of halogens is 1. The van der Waals surface area contributed by atoms with E-state index in [1.807, 2.05) is 12.1 Å². The van der Waals surface area contributed by atoms with Crippen LogP contribution in [-0.2, 0) is 11.3 Å². The van der Waals surface area contributed by atoms with Gasteiger partial charge in [0.15, 0.2) is 0 Å². The number of piperidine rings is 3. The van der Waals surface area contributed by atoms with Crippen molar-refractivity contribution >= 4 is 39.7 Å². The van der Waals surface area contributed by atoms with E-state index in [0.29, 0.717) is 12.5 Å². The van der Waals surface area contributed by atoms with E-state index in [9.17, 15) is 4.79 Å². The Morgan fingerprint density at radius 2 is 2.08 bits per heavy atom. The maximum Gasteiger partial charge on any atom is 0.261 e. The summed E-state index contributed by atoms with van der Waals surface area (Å²) in [6.07, 6.45) is 2.39. The van der Waals surface area contributed by atoms with Crippen LogP contribution in [0.1, 0.15) is 41.9 Å². The lowest BCUT2D eigenvalue weighted by Crippen LogP contribution is -2.69. The largest absolute Gasteiger partial charge is 0.380 e. The Kier molecular flexibility index (Phi) is 5.63. The predicted octanol–water partition coefficient (Wildman–Crippen LogP) is 4.07. The summed E-state index contributed by atoms with van der Waals surface area (Å²) in [6.45, 7) is 7.43. The summed E-state index contributed by atoms with van der Waals surface area (Å²) in [5.41, 5.74) is 1.18. The first kappa shape index (κ1) is 19.6. The second kappa shape index (κ2) is 7.47. The summed E-state index contributed by atoms with van der Waals surface area (Å²) >= 11 is 1.58. The fourth-order valence-corrected chi connectivity index (χ4v) is 5.65. The van der Waals surface area contributed by atoms with E-state index in [1.54, 1.807) is 18.4 Å². The summed E-state index contributed by atoms with van der Waals surface area (Å²) in [7, 11) is 1.70. The molecule has 4 heterocycles. The molecule has 1 N–H and O–H groups in total. The molecular formula is C20H27ClN2O2S. The molecule has 26 heavy (non-hydrogen) atoms. The first-order valence-electron chi connectivity index (χ1n) is 9.07. The molecule has 3 fully saturated rings. The van der Waals surface area contributed by atoms with Gasteiger partial charge in [0.25, 0.3) is 5.91 Å². The highest BCUT2D eigenvalue weighted by Crippen LogP contribution is 2.39. The Hall–Kier alpha value is -1.14. The molecule has 2 bridgehead atoms. The third-order valence-corrected chi connectivity index (χ3v) is 7.25. The Bertz CT molecular complexity index is 796. The Balaban J connectivity index is 0.00000196. The first-order valence-corrected chi connectivity index (χ1v) is 9.88. The maximum absolute atomic E-state index is 13.0. The van der Waals surface area contributed by atoms with E-state index >= 15 is 0 Å². The van der Waals surface area contributed by atoms with Gasteiger partial charge in [0.05, 0.1) is 11.5 Å². The number of hydrogen-bond acceptors (Lipinski definition) is 4. The van der Waals surface area contributed by atoms with Crippen molar-refractivity contribution in [3.63, 3.8) is 0 Å². The van der Waals surface area contributed by atoms with E-state index < -0.39 is 0 Å². The molecular weight excluding hydrogens is 368 g/mol. The number of carbonyl (C=O) groups is 1. The minimum atomic E-state index is 0. The van der Waals surface area contributed by atoms with Gasteiger partial charge in [0.2, 0.25) is 0 Å². The maximum atomic E-state index is 13.0. The SMILES string of the molecule is COCc1cccc2cc(C(=O)N[C@@H]3C4CCN(CC4)C3(C)C)sc12.Cl. The van der Waals surface area contributed by atoms with Gasteiger partial charge in [-0.2, -0.15) is 0 Å². The smallest absolute Gasteiger partial charge is 0.261 e. The van der Waals surface area contributed by atoms with Crippen molar-refractivity contribution in [3.05, 3.63) is 34.7 Å². The highest BCUT2D eigenvalue weighted by molar-refractivity contribution is 7.21. The van der Waals surface area contributed by atoms with E-state index in [-0.39, 0.29) is 29.9 Å². The monoisotopic (exact) mass is 394 g/mol. The van der Waals surface area contributed by atoms with Gasteiger partial charge in [-0.1, -0.05) is 18.2 Å². The molecule has 3 saturated heterocycles. The minimum Gasteiger partial charge on any atom is -0.380 e. The molecule has 1 amide bonds. The van der Waals surface area contributed by atoms with E-state index in [1.165, 1.54) is 12.8 Å². The lowest BCUT2D eigenvalue weighted by atomic mass is 9.72. The van der Waals surface area contributed by atoms with Gasteiger partial charge in [-0.25, -0.2) is 0 Å². The lowest BCUT2D eigenvalue weighted by Gasteiger charge is -2.56. The van der Waals surface area contributed by atoms with Gasteiger partial charge in [0, 0.05) is 23.4 Å². The Morgan fingerprint density at radius 3 is 2.73 bits per heavy atom. The third kappa shape index (κ3) is 3.26. The fourth-order valence-electron chi connectivity index (χ4n) is 4.59. The number of amides is 1. The summed E-state index contributed by atoms with van der Waals surface area (Å²) in [5, 5.41) is 4.49. The third-order valence-electron chi connectivity index (χ3n) is 6.02. The van der Waals surface area contributed by atoms with Gasteiger partial charge in [-0.15, -0.1) is 23.7 Å². The second-order valence-corrected chi connectivity index (χ2v) is 8.86. The summed E-state index contributed by atoms with van der Waals surface area (Å²) in [4.78, 5) is 16.3. The van der Waals surface area contributed by atoms with Crippen molar-refractivity contribution in [2.24, 2.45) is 5.92 Å². The number of benzene rings is 1. The normalized spacial score (nSPS) is 26.5. The van der Waals surface area contributed by atoms with Gasteiger partial charge < -0.3 is 10.1 Å². The van der Waals surface area contributed by atoms with E-state index in [0.717, 1.165) is 33.6 Å². The highest BCUT2D eigenvalue weighted by Gasteiger charge is 2.48. The Labute approximate surface area is 165 Å². The first-order chi connectivity index (χ1) is 12.0. The number of fused-ring (bicyclic) bond motifs is 4. The van der Waals surface area contributed by atoms with Crippen molar-refractivity contribution in [3.8, 4) is 0 Å². The number of nitrogens with zero attached hydrogens (tertiary/aromatic N) is 1. The van der Waals surface area contributed by atoms with E-state index in [2.05, 4.69) is 36.2 Å². The molecule has 0 saturated carbocycles. The minimum absolute atomic E-state index is 0. The van der Waals surface area contributed by atoms with Crippen LogP contribution in [0, 0.1) is 5.92 Å². The molecule has 1 aromatic heterocycles. The quantitative estimate of drug-likeness (QED) is 0.849. The molecule has 1 atom stereocenters. The summed E-state index contributed by atoms with van der Waals surface area (Å²) in [5.74, 6) is 0.666. The van der Waals surface area contributed by atoms with Crippen LogP contribution in [0.2, 0.25) is 0 Å². The fraction of sp³-hybridized carbons (Fsp3) is 0.550. The highest BCUT2D eigenvalue weighted by atomic mass is 35.5. The van der Waals surface area contributed by atoms with Gasteiger partial charge >= 0.3 is 0 Å². The molecule has 4 nitrogen and oxygen atoms in total. The van der Waals surface area contributed by atoms with Crippen LogP contribution >= 0.6 is 23.7 Å². The van der Waals surface area contributed by atoms with Crippen LogP contribution in [0.4, 0.5) is 0 Å². The van der Waals surface area contributed by atoms with Crippen LogP contribution in [0.5, 0.6) is 0 Å². The van der Waals surface area contributed by atoms with Crippen molar-refractivity contribution in [2.45, 2.75) is 44.9 Å². The number of ether oxygens (including phenoxy) is 1. The van der Waals surface area contributed by atoms with Crippen molar-refractivity contribution < 1.29 is 9.53 Å². The zero-order chi connectivity index (χ0) is 17.6. The van der Waals surface area contributed by atoms with Gasteiger partial charge in [-0.05, 0) is 62.7 Å².